The van der Waals surface area contributed by atoms with Crippen LogP contribution < -0.4 is 10.5 Å². The molecule has 1 atom stereocenters. The van der Waals surface area contributed by atoms with Gasteiger partial charge in [0, 0.05) is 6.04 Å². The van der Waals surface area contributed by atoms with Crippen molar-refractivity contribution in [3.8, 4) is 0 Å². The van der Waals surface area contributed by atoms with Crippen LogP contribution in [0.15, 0.2) is 16.3 Å². The number of nitrogens with one attached hydrogen (secondary N) is 1. The van der Waals surface area contributed by atoms with Crippen molar-refractivity contribution in [2.45, 2.75) is 36.4 Å². The number of sulfonamides is 1. The van der Waals surface area contributed by atoms with Crippen molar-refractivity contribution in [1.29, 1.82) is 0 Å². The molecule has 1 aliphatic carbocycles. The van der Waals surface area contributed by atoms with Crippen LogP contribution in [0.3, 0.4) is 0 Å². The van der Waals surface area contributed by atoms with Crippen LogP contribution in [0.25, 0.3) is 0 Å². The maximum absolute atomic E-state index is 12.1. The molecule has 1 saturated carbocycles. The second-order valence-corrected chi connectivity index (χ2v) is 8.05. The van der Waals surface area contributed by atoms with Crippen molar-refractivity contribution < 1.29 is 8.42 Å². The van der Waals surface area contributed by atoms with Crippen molar-refractivity contribution in [3.63, 3.8) is 0 Å². The minimum Gasteiger partial charge on any atom is -0.389 e. The highest BCUT2D eigenvalue weighted by Crippen LogP contribution is 2.30. The summed E-state index contributed by atoms with van der Waals surface area (Å²) in [6, 6.07) is 3.18. The summed E-state index contributed by atoms with van der Waals surface area (Å²) >= 11 is 5.94. The highest BCUT2D eigenvalue weighted by molar-refractivity contribution is 7.91. The SMILES string of the molecule is CC(NS(=O)(=O)c1ccc(C(N)=S)s1)C1CCC1. The fraction of sp³-hybridized carbons (Fsp3) is 0.545. The van der Waals surface area contributed by atoms with E-state index in [-0.39, 0.29) is 15.2 Å². The Kier molecular flexibility index (Phi) is 4.05. The van der Waals surface area contributed by atoms with Gasteiger partial charge in [-0.1, -0.05) is 18.6 Å². The summed E-state index contributed by atoms with van der Waals surface area (Å²) in [5.41, 5.74) is 5.48. The largest absolute Gasteiger partial charge is 0.389 e. The van der Waals surface area contributed by atoms with E-state index in [2.05, 4.69) is 4.72 Å². The van der Waals surface area contributed by atoms with Crippen molar-refractivity contribution in [2.75, 3.05) is 0 Å². The van der Waals surface area contributed by atoms with E-state index in [0.29, 0.717) is 10.8 Å². The predicted molar refractivity (Wildman–Crippen MR) is 77.3 cm³/mol. The van der Waals surface area contributed by atoms with E-state index in [1.54, 1.807) is 12.1 Å². The van der Waals surface area contributed by atoms with Gasteiger partial charge in [0.05, 0.1) is 4.88 Å². The molecule has 0 spiro atoms. The zero-order valence-electron chi connectivity index (χ0n) is 10.0. The van der Waals surface area contributed by atoms with Gasteiger partial charge in [-0.3, -0.25) is 0 Å². The summed E-state index contributed by atoms with van der Waals surface area (Å²) in [6.07, 6.45) is 3.40. The van der Waals surface area contributed by atoms with Crippen LogP contribution in [0.1, 0.15) is 31.1 Å². The summed E-state index contributed by atoms with van der Waals surface area (Å²) in [4.78, 5) is 0.857. The molecule has 0 aromatic carbocycles. The Hall–Kier alpha value is -0.500. The fourth-order valence-corrected chi connectivity index (χ4v) is 4.62. The van der Waals surface area contributed by atoms with Gasteiger partial charge in [0.25, 0.3) is 0 Å². The van der Waals surface area contributed by atoms with Crippen LogP contribution >= 0.6 is 23.6 Å². The van der Waals surface area contributed by atoms with Gasteiger partial charge in [-0.25, -0.2) is 13.1 Å². The van der Waals surface area contributed by atoms with E-state index in [1.807, 2.05) is 6.92 Å². The van der Waals surface area contributed by atoms with E-state index in [4.69, 9.17) is 18.0 Å². The maximum Gasteiger partial charge on any atom is 0.250 e. The molecule has 1 aliphatic rings. The third-order valence-electron chi connectivity index (χ3n) is 3.29. The van der Waals surface area contributed by atoms with Crippen LogP contribution in [0.5, 0.6) is 0 Å². The lowest BCUT2D eigenvalue weighted by atomic mass is 9.81. The first-order chi connectivity index (χ1) is 8.40. The zero-order valence-corrected chi connectivity index (χ0v) is 12.5. The average Bonchev–Trinajstić information content (AvgIpc) is 2.61. The lowest BCUT2D eigenvalue weighted by molar-refractivity contribution is 0.260. The van der Waals surface area contributed by atoms with Gasteiger partial charge < -0.3 is 5.73 Å². The smallest absolute Gasteiger partial charge is 0.250 e. The van der Waals surface area contributed by atoms with Crippen LogP contribution in [0, 0.1) is 5.92 Å². The van der Waals surface area contributed by atoms with Gasteiger partial charge in [-0.2, -0.15) is 0 Å². The maximum atomic E-state index is 12.1. The summed E-state index contributed by atoms with van der Waals surface area (Å²) in [6.45, 7) is 1.92. The van der Waals surface area contributed by atoms with E-state index < -0.39 is 10.0 Å². The number of thiophene rings is 1. The van der Waals surface area contributed by atoms with Crippen LogP contribution in [0.2, 0.25) is 0 Å². The lowest BCUT2D eigenvalue weighted by Crippen LogP contribution is -2.40. The van der Waals surface area contributed by atoms with Crippen molar-refractivity contribution in [1.82, 2.24) is 4.72 Å². The first-order valence-corrected chi connectivity index (χ1v) is 8.53. The predicted octanol–water partition coefficient (Wildman–Crippen LogP) is 1.85. The molecular formula is C11H16N2O2S3. The number of thiocarbonyl (C=S) groups is 1. The molecule has 3 N–H and O–H groups in total. The minimum absolute atomic E-state index is 0.0147. The molecule has 1 fully saturated rings. The minimum atomic E-state index is -3.44. The molecular weight excluding hydrogens is 288 g/mol. The van der Waals surface area contributed by atoms with Gasteiger partial charge in [0.15, 0.2) is 0 Å². The standard InChI is InChI=1S/C11H16N2O2S3/c1-7(8-3-2-4-8)13-18(14,15)10-6-5-9(17-10)11(12)16/h5-8,13H,2-4H2,1H3,(H2,12,16). The first kappa shape index (κ1) is 13.9. The highest BCUT2D eigenvalue weighted by atomic mass is 32.2. The fourth-order valence-electron chi connectivity index (χ4n) is 1.94. The van der Waals surface area contributed by atoms with E-state index in [9.17, 15) is 8.42 Å². The highest BCUT2D eigenvalue weighted by Gasteiger charge is 2.28. The molecule has 1 unspecified atom stereocenters. The Balaban J connectivity index is 2.11. The molecule has 1 aromatic heterocycles. The van der Waals surface area contributed by atoms with Crippen molar-refractivity contribution >= 4 is 38.6 Å². The number of hydrogen-bond acceptors (Lipinski definition) is 4. The molecule has 0 bridgehead atoms. The molecule has 1 heterocycles. The van der Waals surface area contributed by atoms with Crippen LogP contribution in [-0.2, 0) is 10.0 Å². The Morgan fingerprint density at radius 3 is 2.67 bits per heavy atom. The molecule has 2 rings (SSSR count). The summed E-state index contributed by atoms with van der Waals surface area (Å²) in [5.74, 6) is 0.467. The molecule has 100 valence electrons. The Bertz CT molecular complexity index is 546. The van der Waals surface area contributed by atoms with Gasteiger partial charge >= 0.3 is 0 Å². The molecule has 18 heavy (non-hydrogen) atoms. The topological polar surface area (TPSA) is 72.2 Å². The first-order valence-electron chi connectivity index (χ1n) is 5.82. The monoisotopic (exact) mass is 304 g/mol. The third-order valence-corrected chi connectivity index (χ3v) is 6.81. The normalized spacial score (nSPS) is 18.3. The van der Waals surface area contributed by atoms with E-state index in [0.717, 1.165) is 24.2 Å². The number of rotatable bonds is 5. The molecule has 0 saturated heterocycles. The van der Waals surface area contributed by atoms with Gasteiger partial charge in [-0.05, 0) is 37.8 Å². The van der Waals surface area contributed by atoms with Crippen molar-refractivity contribution in [2.24, 2.45) is 11.7 Å². The van der Waals surface area contributed by atoms with E-state index in [1.165, 1.54) is 6.42 Å². The summed E-state index contributed by atoms with van der Waals surface area (Å²) in [5, 5.41) is 0. The quantitative estimate of drug-likeness (QED) is 0.814. The van der Waals surface area contributed by atoms with Crippen molar-refractivity contribution in [3.05, 3.63) is 17.0 Å². The zero-order chi connectivity index (χ0) is 13.3. The average molecular weight is 304 g/mol. The summed E-state index contributed by atoms with van der Waals surface area (Å²) < 4.78 is 27.3. The third kappa shape index (κ3) is 2.90. The molecule has 7 heteroatoms. The lowest BCUT2D eigenvalue weighted by Gasteiger charge is -2.31. The molecule has 0 amide bonds. The van der Waals surface area contributed by atoms with Crippen LogP contribution in [-0.4, -0.2) is 19.4 Å². The van der Waals surface area contributed by atoms with E-state index >= 15 is 0 Å². The molecule has 1 aromatic rings. The Morgan fingerprint density at radius 2 is 2.22 bits per heavy atom. The van der Waals surface area contributed by atoms with Crippen LogP contribution in [0.4, 0.5) is 0 Å². The van der Waals surface area contributed by atoms with Gasteiger partial charge in [0.1, 0.15) is 9.20 Å². The van der Waals surface area contributed by atoms with Gasteiger partial charge in [-0.15, -0.1) is 11.3 Å². The Labute approximate surface area is 117 Å². The molecule has 0 aliphatic heterocycles. The number of hydrogen-bond donors (Lipinski definition) is 2. The second-order valence-electron chi connectivity index (χ2n) is 4.58. The molecule has 4 nitrogen and oxygen atoms in total. The van der Waals surface area contributed by atoms with Gasteiger partial charge in [0.2, 0.25) is 10.0 Å². The number of nitrogens with two attached hydrogens (primary N) is 1. The Morgan fingerprint density at radius 1 is 1.56 bits per heavy atom. The summed E-state index contributed by atoms with van der Waals surface area (Å²) in [7, 11) is -3.44. The molecule has 0 radical (unpaired) electrons. The second kappa shape index (κ2) is 5.24.